The van der Waals surface area contributed by atoms with E-state index in [-0.39, 0.29) is 29.6 Å². The van der Waals surface area contributed by atoms with Gasteiger partial charge in [0, 0.05) is 0 Å². The van der Waals surface area contributed by atoms with Crippen LogP contribution in [0.1, 0.15) is 0 Å². The zero-order valence-electron chi connectivity index (χ0n) is 4.23. The van der Waals surface area contributed by atoms with E-state index in [0.717, 1.165) is 0 Å². The van der Waals surface area contributed by atoms with Crippen LogP contribution in [-0.4, -0.2) is 42.7 Å². The van der Waals surface area contributed by atoms with E-state index < -0.39 is 8.32 Å². The van der Waals surface area contributed by atoms with Gasteiger partial charge in [0.2, 0.25) is 8.32 Å². The molecule has 0 saturated heterocycles. The number of hydrogen-bond acceptors (Lipinski definition) is 1. The summed E-state index contributed by atoms with van der Waals surface area (Å²) < 4.78 is 0. The SMILES string of the molecule is C=C[Si](C)(C)O.[NaH]. The third-order valence-corrected chi connectivity index (χ3v) is 1.50. The molecule has 0 heterocycles. The van der Waals surface area contributed by atoms with Crippen LogP contribution in [0.4, 0.5) is 0 Å². The van der Waals surface area contributed by atoms with Crippen LogP contribution in [0.3, 0.4) is 0 Å². The predicted octanol–water partition coefficient (Wildman–Crippen LogP) is 0.260. The molecule has 0 aromatic carbocycles. The van der Waals surface area contributed by atoms with Crippen molar-refractivity contribution in [3.63, 3.8) is 0 Å². The van der Waals surface area contributed by atoms with Crippen LogP contribution in [0.25, 0.3) is 0 Å². The van der Waals surface area contributed by atoms with Crippen LogP contribution in [0, 0.1) is 0 Å². The van der Waals surface area contributed by atoms with E-state index in [1.165, 1.54) is 0 Å². The average Bonchev–Trinajstić information content (AvgIpc) is 1.35. The Morgan fingerprint density at radius 3 is 1.71 bits per heavy atom. The summed E-state index contributed by atoms with van der Waals surface area (Å²) in [6.45, 7) is 7.08. The van der Waals surface area contributed by atoms with Crippen molar-refractivity contribution < 1.29 is 4.80 Å². The van der Waals surface area contributed by atoms with E-state index in [2.05, 4.69) is 6.58 Å². The van der Waals surface area contributed by atoms with Gasteiger partial charge in [-0.2, -0.15) is 0 Å². The molecule has 0 aromatic rings. The fraction of sp³-hybridized carbons (Fsp3) is 0.500. The molecule has 0 aliphatic rings. The molecule has 0 unspecified atom stereocenters. The van der Waals surface area contributed by atoms with Crippen molar-refractivity contribution in [2.45, 2.75) is 13.1 Å². The molecule has 0 aromatic heterocycles. The van der Waals surface area contributed by atoms with Gasteiger partial charge in [-0.25, -0.2) is 0 Å². The standard InChI is InChI=1S/C4H10OSi.Na.H/c1-4-6(2,3)5;;/h4-5H,1H2,2-3H3;;. The summed E-state index contributed by atoms with van der Waals surface area (Å²) in [5.74, 6) is 0. The van der Waals surface area contributed by atoms with E-state index in [1.54, 1.807) is 5.70 Å². The Bertz CT molecular complexity index is 57.2. The molecule has 7 heavy (non-hydrogen) atoms. The molecule has 0 radical (unpaired) electrons. The van der Waals surface area contributed by atoms with Crippen LogP contribution >= 0.6 is 0 Å². The Balaban J connectivity index is 0. The summed E-state index contributed by atoms with van der Waals surface area (Å²) in [6, 6.07) is 0. The third-order valence-electron chi connectivity index (χ3n) is 0.500. The Hall–Kier alpha value is 0.917. The van der Waals surface area contributed by atoms with Crippen molar-refractivity contribution in [1.29, 1.82) is 0 Å². The van der Waals surface area contributed by atoms with Gasteiger partial charge in [-0.3, -0.25) is 0 Å². The van der Waals surface area contributed by atoms with E-state index in [1.807, 2.05) is 13.1 Å². The summed E-state index contributed by atoms with van der Waals surface area (Å²) in [7, 11) is -1.87. The van der Waals surface area contributed by atoms with Crippen molar-refractivity contribution >= 4 is 37.9 Å². The summed E-state index contributed by atoms with van der Waals surface area (Å²) in [5.41, 5.74) is 1.63. The van der Waals surface area contributed by atoms with Gasteiger partial charge >= 0.3 is 29.6 Å². The topological polar surface area (TPSA) is 20.2 Å². The van der Waals surface area contributed by atoms with Crippen LogP contribution < -0.4 is 0 Å². The van der Waals surface area contributed by atoms with E-state index in [4.69, 9.17) is 4.80 Å². The first kappa shape index (κ1) is 10.8. The monoisotopic (exact) mass is 126 g/mol. The molecular weight excluding hydrogens is 115 g/mol. The fourth-order valence-corrected chi connectivity index (χ4v) is 0. The Morgan fingerprint density at radius 2 is 1.71 bits per heavy atom. The minimum atomic E-state index is -1.87. The second-order valence-corrected chi connectivity index (χ2v) is 5.57. The Morgan fingerprint density at radius 1 is 1.57 bits per heavy atom. The first-order valence-electron chi connectivity index (χ1n) is 1.92. The molecule has 3 heteroatoms. The summed E-state index contributed by atoms with van der Waals surface area (Å²) >= 11 is 0. The van der Waals surface area contributed by atoms with Gasteiger partial charge in [-0.05, 0) is 13.1 Å². The molecule has 0 aliphatic carbocycles. The van der Waals surface area contributed by atoms with Crippen LogP contribution in [-0.2, 0) is 0 Å². The van der Waals surface area contributed by atoms with Crippen molar-refractivity contribution in [1.82, 2.24) is 0 Å². The van der Waals surface area contributed by atoms with Gasteiger partial charge in [-0.1, -0.05) is 5.70 Å². The van der Waals surface area contributed by atoms with Gasteiger partial charge in [0.15, 0.2) is 0 Å². The van der Waals surface area contributed by atoms with Gasteiger partial charge in [0.25, 0.3) is 0 Å². The van der Waals surface area contributed by atoms with Crippen molar-refractivity contribution in [3.05, 3.63) is 12.3 Å². The van der Waals surface area contributed by atoms with Crippen molar-refractivity contribution in [2.24, 2.45) is 0 Å². The zero-order chi connectivity index (χ0) is 5.21. The van der Waals surface area contributed by atoms with Crippen molar-refractivity contribution in [2.75, 3.05) is 0 Å². The normalized spacial score (nSPS) is 9.57. The van der Waals surface area contributed by atoms with Gasteiger partial charge in [0.05, 0.1) is 0 Å². The number of hydrogen-bond donors (Lipinski definition) is 1. The minimum absolute atomic E-state index is 0. The van der Waals surface area contributed by atoms with Gasteiger partial charge < -0.3 is 4.80 Å². The van der Waals surface area contributed by atoms with Gasteiger partial charge in [0.1, 0.15) is 0 Å². The molecule has 0 saturated carbocycles. The van der Waals surface area contributed by atoms with Crippen LogP contribution in [0.15, 0.2) is 12.3 Å². The Labute approximate surface area is 67.9 Å². The zero-order valence-corrected chi connectivity index (χ0v) is 5.23. The molecule has 38 valence electrons. The fourth-order valence-electron chi connectivity index (χ4n) is 0. The first-order valence-corrected chi connectivity index (χ1v) is 4.95. The van der Waals surface area contributed by atoms with E-state index >= 15 is 0 Å². The number of rotatable bonds is 1. The molecule has 0 bridgehead atoms. The summed E-state index contributed by atoms with van der Waals surface area (Å²) in [5, 5.41) is 0. The quantitative estimate of drug-likeness (QED) is 0.500. The van der Waals surface area contributed by atoms with Crippen LogP contribution in [0.2, 0.25) is 13.1 Å². The van der Waals surface area contributed by atoms with E-state index in [9.17, 15) is 0 Å². The molecule has 0 rings (SSSR count). The summed E-state index contributed by atoms with van der Waals surface area (Å²) in [6.07, 6.45) is 0. The maximum atomic E-state index is 8.85. The second-order valence-electron chi connectivity index (χ2n) is 1.86. The third kappa shape index (κ3) is 10.9. The summed E-state index contributed by atoms with van der Waals surface area (Å²) in [4.78, 5) is 8.85. The molecule has 0 atom stereocenters. The maximum absolute atomic E-state index is 8.85. The molecular formula is C4H11NaOSi. The molecule has 0 spiro atoms. The van der Waals surface area contributed by atoms with Gasteiger partial charge in [-0.15, -0.1) is 6.58 Å². The molecule has 0 aliphatic heterocycles. The second kappa shape index (κ2) is 3.86. The molecule has 1 N–H and O–H groups in total. The molecule has 0 fully saturated rings. The molecule has 1 nitrogen and oxygen atoms in total. The van der Waals surface area contributed by atoms with E-state index in [0.29, 0.717) is 0 Å². The van der Waals surface area contributed by atoms with Crippen molar-refractivity contribution in [3.8, 4) is 0 Å². The predicted molar refractivity (Wildman–Crippen MR) is 37.0 cm³/mol. The van der Waals surface area contributed by atoms with Crippen LogP contribution in [0.5, 0.6) is 0 Å². The molecule has 0 amide bonds. The first-order chi connectivity index (χ1) is 2.56. The average molecular weight is 126 g/mol. The Kier molecular flexibility index (Phi) is 5.97.